The predicted octanol–water partition coefficient (Wildman–Crippen LogP) is -2.11. The molecule has 0 aliphatic carbocycles. The van der Waals surface area contributed by atoms with Gasteiger partial charge in [-0.05, 0) is 19.8 Å². The summed E-state index contributed by atoms with van der Waals surface area (Å²) in [6.07, 6.45) is 2.65. The van der Waals surface area contributed by atoms with Gasteiger partial charge in [-0.1, -0.05) is 32.6 Å². The summed E-state index contributed by atoms with van der Waals surface area (Å²) in [6, 6.07) is 9.33. The molecule has 5 heteroatoms. The van der Waals surface area contributed by atoms with Crippen LogP contribution in [-0.2, 0) is 0 Å². The van der Waals surface area contributed by atoms with Crippen molar-refractivity contribution in [2.24, 2.45) is 0 Å². The van der Waals surface area contributed by atoms with E-state index in [2.05, 4.69) is 49.2 Å². The number of aryl methyl sites for hydroxylation is 1. The molecule has 1 aliphatic heterocycles. The van der Waals surface area contributed by atoms with Crippen LogP contribution in [0.5, 0.6) is 0 Å². The zero-order valence-corrected chi connectivity index (χ0v) is 16.0. The van der Waals surface area contributed by atoms with Crippen LogP contribution < -0.4 is 47.8 Å². The molecule has 0 radical (unpaired) electrons. The van der Waals surface area contributed by atoms with E-state index in [0.717, 1.165) is 0 Å². The number of hydrogen-bond donors (Lipinski definition) is 0. The predicted molar refractivity (Wildman–Crippen MR) is 92.1 cm³/mol. The fourth-order valence-corrected chi connectivity index (χ4v) is 4.85. The summed E-state index contributed by atoms with van der Waals surface area (Å²) in [6.45, 7) is 9.28. The molecule has 0 atom stereocenters. The molecule has 0 amide bonds. The van der Waals surface area contributed by atoms with Gasteiger partial charge in [0.25, 0.3) is 0 Å². The first-order valence-corrected chi connectivity index (χ1v) is 10.5. The van der Waals surface area contributed by atoms with E-state index in [9.17, 15) is 0 Å². The first kappa shape index (κ1) is 20.0. The van der Waals surface area contributed by atoms with E-state index in [1.54, 1.807) is 0 Å². The fraction of sp³-hybridized carbons (Fsp3) is 0.471. The Morgan fingerprint density at radius 2 is 1.77 bits per heavy atom. The molecule has 108 valence electrons. The van der Waals surface area contributed by atoms with Crippen LogP contribution in [0, 0.1) is 6.92 Å². The third-order valence-electron chi connectivity index (χ3n) is 4.69. The van der Waals surface area contributed by atoms with E-state index in [0.29, 0.717) is 0 Å². The van der Waals surface area contributed by atoms with Gasteiger partial charge in [-0.15, -0.1) is 35.0 Å². The molecule has 0 spiro atoms. The number of benzene rings is 1. The van der Waals surface area contributed by atoms with Crippen LogP contribution in [0.3, 0.4) is 0 Å². The molecule has 0 bridgehead atoms. The molecule has 0 N–H and O–H groups in total. The van der Waals surface area contributed by atoms with Crippen molar-refractivity contribution in [3.8, 4) is 0 Å². The Bertz CT molecular complexity index is 631. The van der Waals surface area contributed by atoms with E-state index in [-0.39, 0.29) is 37.7 Å². The molecule has 2 aromatic carbocycles. The van der Waals surface area contributed by atoms with E-state index >= 15 is 0 Å². The van der Waals surface area contributed by atoms with E-state index in [4.69, 9.17) is 4.98 Å². The smallest absolute Gasteiger partial charge is 0.671 e. The second-order valence-electron chi connectivity index (χ2n) is 6.47. The topological polar surface area (TPSA) is 17.3 Å². The minimum atomic E-state index is -1.67. The molecule has 0 saturated carbocycles. The standard InChI is InChI=1S/C17H24N2Si.2Li/c1-13-7-8-14-15(11-13)16(19-9-5-6-10-19)12-17(14)20(3,4)18-2;;/h7-8,11-12H,5-6,9-10H2,1-4H3;;/q-2;2*+1. The Hall–Kier alpha value is 0.00169. The van der Waals surface area contributed by atoms with Gasteiger partial charge in [-0.25, -0.2) is 0 Å². The maximum Gasteiger partial charge on any atom is 1.00 e. The van der Waals surface area contributed by atoms with Crippen molar-refractivity contribution in [2.75, 3.05) is 25.0 Å². The number of fused-ring (bicyclic) bond motifs is 1. The van der Waals surface area contributed by atoms with Crippen molar-refractivity contribution >= 4 is 29.9 Å². The summed E-state index contributed by atoms with van der Waals surface area (Å²) in [7, 11) is 0.314. The number of rotatable bonds is 3. The quantitative estimate of drug-likeness (QED) is 0.468. The zero-order valence-electron chi connectivity index (χ0n) is 15.0. The SMILES string of the molecule is C[N-][Si](C)(C)[c-]1cc(N2CCCC2)c2cc(C)ccc21.[Li+].[Li+]. The maximum absolute atomic E-state index is 4.72. The molecular weight excluding hydrogens is 274 g/mol. The average Bonchev–Trinajstić information content (AvgIpc) is 3.04. The van der Waals surface area contributed by atoms with Gasteiger partial charge in [0.1, 0.15) is 0 Å². The molecule has 2 aromatic rings. The van der Waals surface area contributed by atoms with E-state index < -0.39 is 8.24 Å². The third kappa shape index (κ3) is 3.57. The Morgan fingerprint density at radius 3 is 2.36 bits per heavy atom. The van der Waals surface area contributed by atoms with Crippen molar-refractivity contribution in [1.82, 2.24) is 0 Å². The van der Waals surface area contributed by atoms with Crippen LogP contribution in [0.4, 0.5) is 5.69 Å². The Balaban J connectivity index is 0.00000121. The maximum atomic E-state index is 4.72. The third-order valence-corrected chi connectivity index (χ3v) is 7.54. The van der Waals surface area contributed by atoms with Gasteiger partial charge >= 0.3 is 37.7 Å². The minimum Gasteiger partial charge on any atom is -0.671 e. The molecule has 1 heterocycles. The average molecular weight is 298 g/mol. The van der Waals surface area contributed by atoms with Crippen LogP contribution in [-0.4, -0.2) is 28.4 Å². The molecule has 3 rings (SSSR count). The molecule has 1 saturated heterocycles. The number of hydrogen-bond acceptors (Lipinski definition) is 1. The van der Waals surface area contributed by atoms with Gasteiger partial charge in [0.15, 0.2) is 0 Å². The van der Waals surface area contributed by atoms with Crippen LogP contribution in [0.1, 0.15) is 18.4 Å². The van der Waals surface area contributed by atoms with Gasteiger partial charge in [0.05, 0.1) is 0 Å². The number of anilines is 1. The van der Waals surface area contributed by atoms with Gasteiger partial charge in [0.2, 0.25) is 0 Å². The monoisotopic (exact) mass is 298 g/mol. The van der Waals surface area contributed by atoms with Crippen molar-refractivity contribution < 1.29 is 37.7 Å². The molecular formula is C17H24Li2N2Si. The minimum absolute atomic E-state index is 0. The molecule has 1 aliphatic rings. The van der Waals surface area contributed by atoms with Gasteiger partial charge in [0, 0.05) is 13.1 Å². The summed E-state index contributed by atoms with van der Waals surface area (Å²) in [5, 5.41) is 4.36. The molecule has 2 nitrogen and oxygen atoms in total. The van der Waals surface area contributed by atoms with Gasteiger partial charge < -0.3 is 9.88 Å². The second-order valence-corrected chi connectivity index (χ2v) is 10.6. The van der Waals surface area contributed by atoms with Gasteiger partial charge in [-0.2, -0.15) is 12.2 Å². The zero-order chi connectivity index (χ0) is 14.3. The Morgan fingerprint density at radius 1 is 1.14 bits per heavy atom. The van der Waals surface area contributed by atoms with Crippen molar-refractivity contribution in [3.05, 3.63) is 34.8 Å². The summed E-state index contributed by atoms with van der Waals surface area (Å²) in [4.78, 5) is 7.28. The molecule has 22 heavy (non-hydrogen) atoms. The molecule has 1 fully saturated rings. The normalized spacial score (nSPS) is 14.8. The van der Waals surface area contributed by atoms with Crippen LogP contribution in [0.25, 0.3) is 15.8 Å². The first-order chi connectivity index (χ1) is 9.53. The van der Waals surface area contributed by atoms with E-state index in [1.807, 2.05) is 7.05 Å². The van der Waals surface area contributed by atoms with Crippen molar-refractivity contribution in [2.45, 2.75) is 32.9 Å². The summed E-state index contributed by atoms with van der Waals surface area (Å²) in [5.41, 5.74) is 2.79. The van der Waals surface area contributed by atoms with Crippen molar-refractivity contribution in [1.29, 1.82) is 0 Å². The Labute approximate surface area is 159 Å². The van der Waals surface area contributed by atoms with Crippen LogP contribution in [0.2, 0.25) is 13.1 Å². The Kier molecular flexibility index (Phi) is 7.03. The fourth-order valence-electron chi connectivity index (χ4n) is 3.24. The van der Waals surface area contributed by atoms with Crippen molar-refractivity contribution in [3.63, 3.8) is 0 Å². The summed E-state index contributed by atoms with van der Waals surface area (Å²) < 4.78 is 0. The summed E-state index contributed by atoms with van der Waals surface area (Å²) >= 11 is 0. The van der Waals surface area contributed by atoms with Crippen LogP contribution >= 0.6 is 0 Å². The molecule has 0 aromatic heterocycles. The first-order valence-electron chi connectivity index (χ1n) is 7.59. The van der Waals surface area contributed by atoms with Crippen LogP contribution in [0.15, 0.2) is 24.3 Å². The number of nitrogens with zero attached hydrogens (tertiary/aromatic N) is 2. The largest absolute Gasteiger partial charge is 1.00 e. The molecule has 0 unspecified atom stereocenters. The van der Waals surface area contributed by atoms with Gasteiger partial charge in [-0.3, -0.25) is 0 Å². The van der Waals surface area contributed by atoms with E-state index in [1.165, 1.54) is 53.1 Å². The summed E-state index contributed by atoms with van der Waals surface area (Å²) in [5.74, 6) is 0. The second kappa shape index (κ2) is 7.71.